The molecule has 1 fully saturated rings. The number of hydrogen-bond donors (Lipinski definition) is 0. The number of unbranched alkanes of at least 4 members (excludes halogenated alkanes) is 2. The van der Waals surface area contributed by atoms with E-state index in [1.165, 1.54) is 48.0 Å². The van der Waals surface area contributed by atoms with E-state index in [0.717, 1.165) is 18.8 Å². The van der Waals surface area contributed by atoms with Gasteiger partial charge in [-0.15, -0.1) is 0 Å². The van der Waals surface area contributed by atoms with E-state index in [0.29, 0.717) is 10.9 Å². The Kier molecular flexibility index (Phi) is 5.08. The summed E-state index contributed by atoms with van der Waals surface area (Å²) in [6.07, 6.45) is 6.43. The fourth-order valence-corrected chi connectivity index (χ4v) is 5.53. The molecule has 2 aromatic carbocycles. The molecule has 1 nitrogen and oxygen atoms in total. The van der Waals surface area contributed by atoms with Crippen molar-refractivity contribution in [1.29, 1.82) is 0 Å². The van der Waals surface area contributed by atoms with Gasteiger partial charge in [0.05, 0.1) is 6.61 Å². The van der Waals surface area contributed by atoms with Crippen LogP contribution in [-0.4, -0.2) is 18.1 Å². The summed E-state index contributed by atoms with van der Waals surface area (Å²) in [5.41, 5.74) is 0. The topological polar surface area (TPSA) is 9.23 Å². The van der Waals surface area contributed by atoms with Gasteiger partial charge < -0.3 is 4.74 Å². The van der Waals surface area contributed by atoms with Crippen molar-refractivity contribution in [3.05, 3.63) is 36.4 Å². The second kappa shape index (κ2) is 7.22. The maximum Gasteiger partial charge on any atom is 0.162 e. The molecule has 21 heavy (non-hydrogen) atoms. The predicted molar refractivity (Wildman–Crippen MR) is 93.6 cm³/mol. The highest BCUT2D eigenvalue weighted by atomic mass is 32.2. The van der Waals surface area contributed by atoms with E-state index in [-0.39, 0.29) is 0 Å². The third-order valence-corrected chi connectivity index (χ3v) is 6.73. The van der Waals surface area contributed by atoms with Crippen LogP contribution in [0.4, 0.5) is 0 Å². The molecule has 2 heteroatoms. The van der Waals surface area contributed by atoms with Crippen molar-refractivity contribution >= 4 is 21.7 Å². The normalized spacial score (nSPS) is 15.7. The van der Waals surface area contributed by atoms with Crippen molar-refractivity contribution in [2.75, 3.05) is 18.1 Å². The summed E-state index contributed by atoms with van der Waals surface area (Å²) in [7, 11) is 0.462. The summed E-state index contributed by atoms with van der Waals surface area (Å²) in [5.74, 6) is 3.81. The molecule has 2 aromatic rings. The van der Waals surface area contributed by atoms with Crippen LogP contribution < -0.4 is 4.74 Å². The summed E-state index contributed by atoms with van der Waals surface area (Å²) in [4.78, 5) is 1.56. The third kappa shape index (κ3) is 3.37. The first-order valence-electron chi connectivity index (χ1n) is 8.22. The fourth-order valence-electron chi connectivity index (χ4n) is 3.03. The molecule has 0 N–H and O–H groups in total. The van der Waals surface area contributed by atoms with Gasteiger partial charge in [-0.1, -0.05) is 38.0 Å². The van der Waals surface area contributed by atoms with Crippen LogP contribution >= 0.6 is 0 Å². The predicted octanol–water partition coefficient (Wildman–Crippen LogP) is 5.18. The first-order chi connectivity index (χ1) is 10.4. The molecular formula is C19H25OS+. The van der Waals surface area contributed by atoms with Crippen molar-refractivity contribution in [2.45, 2.75) is 43.9 Å². The first-order valence-corrected chi connectivity index (χ1v) is 9.78. The number of hydrogen-bond acceptors (Lipinski definition) is 1. The highest BCUT2D eigenvalue weighted by Gasteiger charge is 2.29. The average Bonchev–Trinajstić information content (AvgIpc) is 3.05. The smallest absolute Gasteiger partial charge is 0.162 e. The molecule has 0 amide bonds. The Balaban J connectivity index is 1.87. The van der Waals surface area contributed by atoms with Gasteiger partial charge in [-0.05, 0) is 37.5 Å². The molecule has 3 rings (SSSR count). The van der Waals surface area contributed by atoms with Gasteiger partial charge in [0.15, 0.2) is 4.90 Å². The third-order valence-electron chi connectivity index (χ3n) is 4.19. The molecule has 0 unspecified atom stereocenters. The first kappa shape index (κ1) is 14.8. The average molecular weight is 301 g/mol. The minimum absolute atomic E-state index is 0.462. The van der Waals surface area contributed by atoms with Crippen LogP contribution in [0, 0.1) is 0 Å². The van der Waals surface area contributed by atoms with E-state index in [4.69, 9.17) is 4.74 Å². The molecule has 112 valence electrons. The van der Waals surface area contributed by atoms with Crippen molar-refractivity contribution in [3.8, 4) is 5.75 Å². The van der Waals surface area contributed by atoms with Crippen molar-refractivity contribution < 1.29 is 4.74 Å². The molecule has 1 aliphatic rings. The van der Waals surface area contributed by atoms with Crippen LogP contribution in [0.5, 0.6) is 5.75 Å². The number of benzene rings is 2. The lowest BCUT2D eigenvalue weighted by atomic mass is 10.1. The Bertz CT molecular complexity index is 587. The Morgan fingerprint density at radius 1 is 0.952 bits per heavy atom. The van der Waals surface area contributed by atoms with Gasteiger partial charge in [-0.3, -0.25) is 0 Å². The second-order valence-corrected chi connectivity index (χ2v) is 8.01. The van der Waals surface area contributed by atoms with Crippen LogP contribution in [0.1, 0.15) is 39.0 Å². The van der Waals surface area contributed by atoms with Gasteiger partial charge in [0.2, 0.25) is 0 Å². The number of fused-ring (bicyclic) bond motifs is 1. The summed E-state index contributed by atoms with van der Waals surface area (Å²) < 4.78 is 6.04. The zero-order valence-electron chi connectivity index (χ0n) is 12.9. The molecule has 0 atom stereocenters. The molecule has 0 bridgehead atoms. The van der Waals surface area contributed by atoms with Gasteiger partial charge >= 0.3 is 0 Å². The standard InChI is InChI=1S/C19H25OS/c1-2-3-6-13-20-18-11-12-19(21-14-7-8-15-21)17-10-5-4-9-16(17)18/h4-5,9-12H,2-3,6-8,13-15H2,1H3/q+1. The van der Waals surface area contributed by atoms with E-state index >= 15 is 0 Å². The molecule has 1 heterocycles. The summed E-state index contributed by atoms with van der Waals surface area (Å²) in [6, 6.07) is 13.3. The Labute approximate surface area is 131 Å². The highest BCUT2D eigenvalue weighted by Crippen LogP contribution is 2.34. The van der Waals surface area contributed by atoms with Crippen molar-refractivity contribution in [2.24, 2.45) is 0 Å². The van der Waals surface area contributed by atoms with Crippen LogP contribution in [0.2, 0.25) is 0 Å². The fraction of sp³-hybridized carbons (Fsp3) is 0.474. The molecule has 0 aromatic heterocycles. The number of rotatable bonds is 6. The molecule has 1 aliphatic heterocycles. The lowest BCUT2D eigenvalue weighted by molar-refractivity contribution is 0.309. The van der Waals surface area contributed by atoms with Crippen molar-refractivity contribution in [1.82, 2.24) is 0 Å². The molecule has 0 spiro atoms. The van der Waals surface area contributed by atoms with Crippen LogP contribution in [-0.2, 0) is 10.9 Å². The molecular weight excluding hydrogens is 276 g/mol. The minimum atomic E-state index is 0.462. The van der Waals surface area contributed by atoms with Gasteiger partial charge in [0.1, 0.15) is 17.3 Å². The zero-order chi connectivity index (χ0) is 14.5. The summed E-state index contributed by atoms with van der Waals surface area (Å²) >= 11 is 0. The second-order valence-electron chi connectivity index (χ2n) is 5.77. The van der Waals surface area contributed by atoms with E-state index in [2.05, 4.69) is 43.3 Å². The monoisotopic (exact) mass is 301 g/mol. The number of ether oxygens (including phenoxy) is 1. The molecule has 1 saturated heterocycles. The van der Waals surface area contributed by atoms with Gasteiger partial charge in [-0.2, -0.15) is 0 Å². The Hall–Kier alpha value is -1.15. The molecule has 0 aliphatic carbocycles. The summed E-state index contributed by atoms with van der Waals surface area (Å²) in [5, 5.41) is 2.71. The lowest BCUT2D eigenvalue weighted by Gasteiger charge is -2.11. The zero-order valence-corrected chi connectivity index (χ0v) is 13.8. The van der Waals surface area contributed by atoms with Crippen LogP contribution in [0.25, 0.3) is 10.8 Å². The Morgan fingerprint density at radius 2 is 1.71 bits per heavy atom. The van der Waals surface area contributed by atoms with E-state index in [9.17, 15) is 0 Å². The van der Waals surface area contributed by atoms with E-state index < -0.39 is 0 Å². The minimum Gasteiger partial charge on any atom is -0.493 e. The van der Waals surface area contributed by atoms with Crippen molar-refractivity contribution in [3.63, 3.8) is 0 Å². The largest absolute Gasteiger partial charge is 0.493 e. The molecule has 0 radical (unpaired) electrons. The maximum absolute atomic E-state index is 6.04. The van der Waals surface area contributed by atoms with Crippen LogP contribution in [0.3, 0.4) is 0 Å². The maximum atomic E-state index is 6.04. The van der Waals surface area contributed by atoms with Gasteiger partial charge in [0, 0.05) is 21.7 Å². The quantitative estimate of drug-likeness (QED) is 0.527. The lowest BCUT2D eigenvalue weighted by Crippen LogP contribution is -2.05. The Morgan fingerprint density at radius 3 is 2.48 bits per heavy atom. The van der Waals surface area contributed by atoms with E-state index in [1.807, 2.05) is 0 Å². The van der Waals surface area contributed by atoms with Gasteiger partial charge in [-0.25, -0.2) is 0 Å². The highest BCUT2D eigenvalue weighted by molar-refractivity contribution is 7.97. The molecule has 0 saturated carbocycles. The van der Waals surface area contributed by atoms with E-state index in [1.54, 1.807) is 4.90 Å². The SMILES string of the molecule is CCCCCOc1ccc([S+]2CCCC2)c2ccccc12. The van der Waals surface area contributed by atoms with Crippen LogP contribution in [0.15, 0.2) is 41.3 Å². The van der Waals surface area contributed by atoms with Gasteiger partial charge in [0.25, 0.3) is 0 Å². The summed E-state index contributed by atoms with van der Waals surface area (Å²) in [6.45, 7) is 3.07.